The third kappa shape index (κ3) is 6.89. The molecule has 9 heteroatoms. The third-order valence-electron chi connectivity index (χ3n) is 8.77. The van der Waals surface area contributed by atoms with E-state index in [1.807, 2.05) is 12.1 Å². The van der Waals surface area contributed by atoms with Gasteiger partial charge in [0.15, 0.2) is 0 Å². The van der Waals surface area contributed by atoms with Gasteiger partial charge in [-0.1, -0.05) is 49.9 Å². The Kier molecular flexibility index (Phi) is 9.21. The monoisotopic (exact) mass is 560 g/mol. The van der Waals surface area contributed by atoms with Crippen LogP contribution in [0.2, 0.25) is 0 Å². The number of fused-ring (bicyclic) bond motifs is 1. The Labute approximate surface area is 241 Å². The number of esters is 1. The van der Waals surface area contributed by atoms with E-state index in [1.165, 1.54) is 38.4 Å². The van der Waals surface area contributed by atoms with E-state index >= 15 is 0 Å². The molecule has 2 aliphatic carbocycles. The van der Waals surface area contributed by atoms with Crippen LogP contribution in [0.4, 0.5) is 10.5 Å². The van der Waals surface area contributed by atoms with Crippen LogP contribution in [0.25, 0.3) is 0 Å². The van der Waals surface area contributed by atoms with E-state index in [9.17, 15) is 19.2 Å². The van der Waals surface area contributed by atoms with Crippen LogP contribution in [-0.4, -0.2) is 66.4 Å². The Morgan fingerprint density at radius 3 is 2.44 bits per heavy atom. The van der Waals surface area contributed by atoms with Crippen LogP contribution in [0.5, 0.6) is 0 Å². The maximum atomic E-state index is 13.8. The molecule has 1 saturated carbocycles. The van der Waals surface area contributed by atoms with Crippen molar-refractivity contribution in [2.75, 3.05) is 32.1 Å². The molecule has 218 valence electrons. The van der Waals surface area contributed by atoms with Crippen molar-refractivity contribution in [2.24, 2.45) is 5.92 Å². The first-order chi connectivity index (χ1) is 19.9. The number of nitrogens with one attached hydrogen (secondary N) is 2. The minimum Gasteiger partial charge on any atom is -0.465 e. The molecule has 1 aliphatic heterocycles. The molecule has 1 heterocycles. The zero-order valence-corrected chi connectivity index (χ0v) is 23.8. The van der Waals surface area contributed by atoms with Gasteiger partial charge in [0.05, 0.1) is 25.3 Å². The first-order valence-electron chi connectivity index (χ1n) is 14.8. The number of ether oxygens (including phenoxy) is 1. The largest absolute Gasteiger partial charge is 0.465 e. The first kappa shape index (κ1) is 28.6. The average molecular weight is 561 g/mol. The molecule has 0 aromatic heterocycles. The van der Waals surface area contributed by atoms with Crippen LogP contribution in [0, 0.1) is 5.92 Å². The molecule has 41 heavy (non-hydrogen) atoms. The highest BCUT2D eigenvalue weighted by Gasteiger charge is 2.38. The maximum Gasteiger partial charge on any atom is 0.337 e. The van der Waals surface area contributed by atoms with Crippen molar-refractivity contribution in [1.82, 2.24) is 15.1 Å². The van der Waals surface area contributed by atoms with Crippen molar-refractivity contribution >= 4 is 29.5 Å². The lowest BCUT2D eigenvalue weighted by Crippen LogP contribution is -2.62. The summed E-state index contributed by atoms with van der Waals surface area (Å²) in [6, 6.07) is 13.4. The van der Waals surface area contributed by atoms with E-state index in [2.05, 4.69) is 22.8 Å². The standard InChI is InChI=1S/C32H40N4O5/c1-41-31(39)24-14-16-25(17-15-24)33-32(40)35-19-20-36(29(37)18-13-22-7-2-3-8-22)28(21-35)30(38)34-27-12-6-10-23-9-4-5-11-26(23)27/h4-5,9,11,14-17,22,27-28H,2-3,6-8,10,12-13,18-21H2,1H3,(H,33,40)(H,34,38). The summed E-state index contributed by atoms with van der Waals surface area (Å²) in [5, 5.41) is 6.08. The number of hydrogen-bond donors (Lipinski definition) is 2. The van der Waals surface area contributed by atoms with E-state index in [0.29, 0.717) is 36.7 Å². The summed E-state index contributed by atoms with van der Waals surface area (Å²) < 4.78 is 4.73. The molecule has 3 aliphatic rings. The Bertz CT molecular complexity index is 1260. The SMILES string of the molecule is COC(=O)c1ccc(NC(=O)N2CCN(C(=O)CCC3CCCC3)C(C(=O)NC3CCCc4ccccc43)C2)cc1. The fraction of sp³-hybridized carbons (Fsp3) is 0.500. The molecule has 9 nitrogen and oxygen atoms in total. The second-order valence-corrected chi connectivity index (χ2v) is 11.4. The van der Waals surface area contributed by atoms with Crippen LogP contribution in [0.3, 0.4) is 0 Å². The van der Waals surface area contributed by atoms with Crippen molar-refractivity contribution in [1.29, 1.82) is 0 Å². The maximum absolute atomic E-state index is 13.8. The van der Waals surface area contributed by atoms with Crippen LogP contribution in [0.1, 0.15) is 78.9 Å². The summed E-state index contributed by atoms with van der Waals surface area (Å²) >= 11 is 0. The number of urea groups is 1. The summed E-state index contributed by atoms with van der Waals surface area (Å²) in [6.07, 6.45) is 8.91. The average Bonchev–Trinajstić information content (AvgIpc) is 3.53. The van der Waals surface area contributed by atoms with Gasteiger partial charge in [0.1, 0.15) is 6.04 Å². The number of aryl methyl sites for hydroxylation is 1. The van der Waals surface area contributed by atoms with Gasteiger partial charge in [-0.05, 0) is 67.0 Å². The summed E-state index contributed by atoms with van der Waals surface area (Å²) in [6.45, 7) is 0.746. The minimum atomic E-state index is -0.763. The molecule has 4 amide bonds. The Balaban J connectivity index is 1.28. The lowest BCUT2D eigenvalue weighted by Gasteiger charge is -2.41. The van der Waals surface area contributed by atoms with Crippen molar-refractivity contribution in [3.05, 3.63) is 65.2 Å². The Morgan fingerprint density at radius 1 is 0.927 bits per heavy atom. The van der Waals surface area contributed by atoms with Crippen LogP contribution >= 0.6 is 0 Å². The highest BCUT2D eigenvalue weighted by molar-refractivity contribution is 5.94. The van der Waals surface area contributed by atoms with E-state index in [1.54, 1.807) is 34.1 Å². The number of benzene rings is 2. The molecule has 2 aromatic carbocycles. The topological polar surface area (TPSA) is 108 Å². The summed E-state index contributed by atoms with van der Waals surface area (Å²) in [4.78, 5) is 55.5. The Hall–Kier alpha value is -3.88. The van der Waals surface area contributed by atoms with Gasteiger partial charge in [-0.25, -0.2) is 9.59 Å². The molecule has 2 aromatic rings. The van der Waals surface area contributed by atoms with Gasteiger partial charge in [0.25, 0.3) is 0 Å². The summed E-state index contributed by atoms with van der Waals surface area (Å²) in [5.41, 5.74) is 3.29. The van der Waals surface area contributed by atoms with Gasteiger partial charge < -0.3 is 25.2 Å². The van der Waals surface area contributed by atoms with Crippen LogP contribution in [-0.2, 0) is 20.7 Å². The highest BCUT2D eigenvalue weighted by atomic mass is 16.5. The number of hydrogen-bond acceptors (Lipinski definition) is 5. The molecule has 2 N–H and O–H groups in total. The number of carbonyl (C=O) groups is 4. The minimum absolute atomic E-state index is 0.0143. The van der Waals surface area contributed by atoms with Crippen LogP contribution in [0.15, 0.2) is 48.5 Å². The second kappa shape index (κ2) is 13.2. The van der Waals surface area contributed by atoms with E-state index in [4.69, 9.17) is 4.74 Å². The second-order valence-electron chi connectivity index (χ2n) is 11.4. The number of amides is 4. The summed E-state index contributed by atoms with van der Waals surface area (Å²) in [5.74, 6) is -0.103. The van der Waals surface area contributed by atoms with Gasteiger partial charge in [-0.2, -0.15) is 0 Å². The highest BCUT2D eigenvalue weighted by Crippen LogP contribution is 2.31. The Morgan fingerprint density at radius 2 is 1.68 bits per heavy atom. The molecular formula is C32H40N4O5. The van der Waals surface area contributed by atoms with Crippen molar-refractivity contribution in [3.63, 3.8) is 0 Å². The smallest absolute Gasteiger partial charge is 0.337 e. The zero-order chi connectivity index (χ0) is 28.8. The molecule has 5 rings (SSSR count). The molecule has 2 unspecified atom stereocenters. The van der Waals surface area contributed by atoms with Gasteiger partial charge in [-0.15, -0.1) is 0 Å². The first-order valence-corrected chi connectivity index (χ1v) is 14.8. The predicted octanol–water partition coefficient (Wildman–Crippen LogP) is 4.68. The molecule has 2 atom stereocenters. The van der Waals surface area contributed by atoms with Gasteiger partial charge in [-0.3, -0.25) is 9.59 Å². The number of anilines is 1. The molecule has 0 radical (unpaired) electrons. The van der Waals surface area contributed by atoms with Gasteiger partial charge >= 0.3 is 12.0 Å². The number of methoxy groups -OCH3 is 1. The molecule has 0 bridgehead atoms. The van der Waals surface area contributed by atoms with Crippen LogP contribution < -0.4 is 10.6 Å². The predicted molar refractivity (Wildman–Crippen MR) is 155 cm³/mol. The normalized spacial score (nSPS) is 20.7. The van der Waals surface area contributed by atoms with Crippen molar-refractivity contribution in [2.45, 2.75) is 69.9 Å². The molecule has 1 saturated heterocycles. The summed E-state index contributed by atoms with van der Waals surface area (Å²) in [7, 11) is 1.32. The van der Waals surface area contributed by atoms with E-state index in [0.717, 1.165) is 31.2 Å². The van der Waals surface area contributed by atoms with Crippen molar-refractivity contribution < 1.29 is 23.9 Å². The quantitative estimate of drug-likeness (QED) is 0.478. The number of carbonyl (C=O) groups excluding carboxylic acids is 4. The van der Waals surface area contributed by atoms with Gasteiger partial charge in [0.2, 0.25) is 11.8 Å². The lowest BCUT2D eigenvalue weighted by molar-refractivity contribution is -0.143. The van der Waals surface area contributed by atoms with E-state index < -0.39 is 12.0 Å². The third-order valence-corrected chi connectivity index (χ3v) is 8.77. The zero-order valence-electron chi connectivity index (χ0n) is 23.8. The number of nitrogens with zero attached hydrogens (tertiary/aromatic N) is 2. The lowest BCUT2D eigenvalue weighted by atomic mass is 9.87. The molecular weight excluding hydrogens is 520 g/mol. The van der Waals surface area contributed by atoms with Crippen molar-refractivity contribution in [3.8, 4) is 0 Å². The van der Waals surface area contributed by atoms with Gasteiger partial charge in [0, 0.05) is 25.2 Å². The number of rotatable bonds is 7. The molecule has 2 fully saturated rings. The fourth-order valence-corrected chi connectivity index (χ4v) is 6.44. The molecule has 0 spiro atoms. The van der Waals surface area contributed by atoms with E-state index in [-0.39, 0.29) is 30.4 Å². The fourth-order valence-electron chi connectivity index (χ4n) is 6.44. The number of piperazine rings is 1.